The highest BCUT2D eigenvalue weighted by atomic mass is 16.5. The normalized spacial score (nSPS) is 12.5. The Labute approximate surface area is 533 Å². The summed E-state index contributed by atoms with van der Waals surface area (Å²) in [5.74, 6) is -0.00891. The van der Waals surface area contributed by atoms with Crippen LogP contribution >= 0.6 is 0 Å². The van der Waals surface area contributed by atoms with E-state index in [4.69, 9.17) is 4.74 Å². The smallest absolute Gasteiger partial charge is 0.305 e. The first kappa shape index (κ1) is 83.6. The lowest BCUT2D eigenvalue weighted by atomic mass is 10.0. The lowest BCUT2D eigenvalue weighted by Crippen LogP contribution is -2.45. The van der Waals surface area contributed by atoms with Gasteiger partial charge in [-0.3, -0.25) is 9.59 Å². The molecular formula is C79H155NO5. The van der Waals surface area contributed by atoms with Crippen molar-refractivity contribution < 1.29 is 24.5 Å². The van der Waals surface area contributed by atoms with Gasteiger partial charge in [-0.05, 0) is 51.4 Å². The molecule has 0 saturated carbocycles. The first-order valence-electron chi connectivity index (χ1n) is 39.4. The van der Waals surface area contributed by atoms with Crippen LogP contribution in [0.25, 0.3) is 0 Å². The van der Waals surface area contributed by atoms with Gasteiger partial charge in [0.2, 0.25) is 5.91 Å². The number of unbranched alkanes of at least 4 members (excludes halogenated alkanes) is 62. The van der Waals surface area contributed by atoms with Crippen molar-refractivity contribution in [3.63, 3.8) is 0 Å². The quantitative estimate of drug-likeness (QED) is 0.0320. The minimum atomic E-state index is -0.666. The zero-order valence-electron chi connectivity index (χ0n) is 58.1. The van der Waals surface area contributed by atoms with Gasteiger partial charge in [0, 0.05) is 12.8 Å². The van der Waals surface area contributed by atoms with Gasteiger partial charge in [0.05, 0.1) is 25.4 Å². The number of esters is 1. The van der Waals surface area contributed by atoms with Crippen molar-refractivity contribution in [2.45, 2.75) is 469 Å². The maximum Gasteiger partial charge on any atom is 0.305 e. The van der Waals surface area contributed by atoms with E-state index >= 15 is 0 Å². The van der Waals surface area contributed by atoms with E-state index in [1.807, 2.05) is 0 Å². The van der Waals surface area contributed by atoms with E-state index in [2.05, 4.69) is 31.3 Å². The Balaban J connectivity index is 3.36. The number of aliphatic hydroxyl groups excluding tert-OH is 2. The third-order valence-electron chi connectivity index (χ3n) is 18.8. The molecule has 506 valence electrons. The lowest BCUT2D eigenvalue weighted by Gasteiger charge is -2.22. The predicted molar refractivity (Wildman–Crippen MR) is 375 cm³/mol. The highest BCUT2D eigenvalue weighted by Crippen LogP contribution is 2.20. The molecule has 0 aromatic heterocycles. The van der Waals surface area contributed by atoms with E-state index in [0.29, 0.717) is 25.9 Å². The molecule has 85 heavy (non-hydrogen) atoms. The minimum absolute atomic E-state index is 0.0210. The number of rotatable bonds is 75. The lowest BCUT2D eigenvalue weighted by molar-refractivity contribution is -0.143. The fraction of sp³-hybridized carbons (Fsp3) is 0.949. The molecule has 1 amide bonds. The van der Waals surface area contributed by atoms with E-state index in [0.717, 1.165) is 38.5 Å². The number of hydrogen-bond donors (Lipinski definition) is 3. The fourth-order valence-corrected chi connectivity index (χ4v) is 12.8. The highest BCUT2D eigenvalue weighted by Gasteiger charge is 2.20. The van der Waals surface area contributed by atoms with Crippen LogP contribution in [0.15, 0.2) is 12.2 Å². The van der Waals surface area contributed by atoms with Crippen molar-refractivity contribution in [3.05, 3.63) is 12.2 Å². The summed E-state index contributed by atoms with van der Waals surface area (Å²) < 4.78 is 5.52. The third kappa shape index (κ3) is 71.6. The van der Waals surface area contributed by atoms with Crippen LogP contribution in [0.4, 0.5) is 0 Å². The number of carbonyl (C=O) groups is 2. The number of nitrogens with one attached hydrogen (secondary N) is 1. The summed E-state index contributed by atoms with van der Waals surface area (Å²) in [6, 6.07) is -0.543. The molecule has 6 nitrogen and oxygen atoms in total. The first-order chi connectivity index (χ1) is 42.0. The molecule has 0 radical (unpaired) electrons. The third-order valence-corrected chi connectivity index (χ3v) is 18.8. The number of amides is 1. The summed E-state index contributed by atoms with van der Waals surface area (Å²) in [7, 11) is 0. The van der Waals surface area contributed by atoms with E-state index in [1.165, 1.54) is 385 Å². The molecule has 0 fully saturated rings. The number of ether oxygens (including phenoxy) is 1. The largest absolute Gasteiger partial charge is 0.466 e. The van der Waals surface area contributed by atoms with Crippen LogP contribution in [-0.4, -0.2) is 47.4 Å². The van der Waals surface area contributed by atoms with Crippen molar-refractivity contribution in [3.8, 4) is 0 Å². The average molecular weight is 1200 g/mol. The Morgan fingerprint density at radius 2 is 0.553 bits per heavy atom. The van der Waals surface area contributed by atoms with Gasteiger partial charge >= 0.3 is 5.97 Å². The molecule has 0 aliphatic rings. The summed E-state index contributed by atoms with van der Waals surface area (Å²) in [6.45, 7) is 5.01. The molecule has 2 atom stereocenters. The highest BCUT2D eigenvalue weighted by molar-refractivity contribution is 5.76. The maximum atomic E-state index is 12.6. The van der Waals surface area contributed by atoms with Crippen molar-refractivity contribution in [1.29, 1.82) is 0 Å². The zero-order chi connectivity index (χ0) is 61.3. The summed E-state index contributed by atoms with van der Waals surface area (Å²) in [5, 5.41) is 23.5. The summed E-state index contributed by atoms with van der Waals surface area (Å²) in [6.07, 6.45) is 94.4. The molecular weight excluding hydrogens is 1040 g/mol. The summed E-state index contributed by atoms with van der Waals surface area (Å²) in [4.78, 5) is 24.7. The molecule has 6 heteroatoms. The number of carbonyl (C=O) groups excluding carboxylic acids is 2. The second kappa shape index (κ2) is 75.1. The SMILES string of the molecule is CCCCCCCCCCCCCCCCCCCCCCCCCC(O)C(CO)NC(=O)CCCCCCCCCCCCC/C=C\CCCCCCCCCCCCCCOC(=O)CCCCCCCCCCCCCCCCCCCC. The first-order valence-corrected chi connectivity index (χ1v) is 39.4. The molecule has 3 N–H and O–H groups in total. The number of allylic oxidation sites excluding steroid dienone is 2. The zero-order valence-corrected chi connectivity index (χ0v) is 58.1. The van der Waals surface area contributed by atoms with Gasteiger partial charge in [0.25, 0.3) is 0 Å². The molecule has 0 heterocycles. The van der Waals surface area contributed by atoms with Crippen LogP contribution in [0.2, 0.25) is 0 Å². The van der Waals surface area contributed by atoms with Crippen LogP contribution in [-0.2, 0) is 14.3 Å². The Kier molecular flexibility index (Phi) is 73.8. The molecule has 2 unspecified atom stereocenters. The molecule has 0 aromatic carbocycles. The van der Waals surface area contributed by atoms with E-state index in [9.17, 15) is 19.8 Å². The Bertz CT molecular complexity index is 1290. The summed E-state index contributed by atoms with van der Waals surface area (Å²) in [5.41, 5.74) is 0. The molecule has 0 spiro atoms. The molecule has 0 aromatic rings. The molecule has 0 aliphatic heterocycles. The fourth-order valence-electron chi connectivity index (χ4n) is 12.8. The second-order valence-corrected chi connectivity index (χ2v) is 27.4. The predicted octanol–water partition coefficient (Wildman–Crippen LogP) is 25.9. The van der Waals surface area contributed by atoms with Crippen molar-refractivity contribution in [2.75, 3.05) is 13.2 Å². The van der Waals surface area contributed by atoms with Crippen LogP contribution in [0.1, 0.15) is 457 Å². The topological polar surface area (TPSA) is 95.9 Å². The standard InChI is InChI=1S/C79H155NO5/c1-3-5-7-9-11-13-15-17-19-21-23-24-30-33-36-39-43-47-51-55-59-63-67-71-77(82)76(75-81)80-78(83)72-68-64-60-56-52-48-44-40-37-34-31-28-26-25-27-29-32-35-38-42-46-50-54-58-62-66-70-74-85-79(84)73-69-65-61-57-53-49-45-41-22-20-18-16-14-12-10-8-6-4-2/h25-26,76-77,81-82H,3-24,27-75H2,1-2H3,(H,80,83)/b26-25-. The Hall–Kier alpha value is -1.40. The van der Waals surface area contributed by atoms with Gasteiger partial charge in [0.15, 0.2) is 0 Å². The van der Waals surface area contributed by atoms with Crippen LogP contribution in [0.3, 0.4) is 0 Å². The number of aliphatic hydroxyl groups is 2. The van der Waals surface area contributed by atoms with E-state index < -0.39 is 12.1 Å². The van der Waals surface area contributed by atoms with Gasteiger partial charge in [-0.1, -0.05) is 405 Å². The van der Waals surface area contributed by atoms with Gasteiger partial charge < -0.3 is 20.3 Å². The molecule has 0 bridgehead atoms. The number of hydrogen-bond acceptors (Lipinski definition) is 5. The molecule has 0 rings (SSSR count). The van der Waals surface area contributed by atoms with Gasteiger partial charge in [-0.2, -0.15) is 0 Å². The van der Waals surface area contributed by atoms with Crippen molar-refractivity contribution in [1.82, 2.24) is 5.32 Å². The Morgan fingerprint density at radius 3 is 0.835 bits per heavy atom. The Morgan fingerprint density at radius 1 is 0.318 bits per heavy atom. The molecule has 0 aliphatic carbocycles. The second-order valence-electron chi connectivity index (χ2n) is 27.4. The van der Waals surface area contributed by atoms with E-state index in [-0.39, 0.29) is 18.5 Å². The van der Waals surface area contributed by atoms with Gasteiger partial charge in [-0.15, -0.1) is 0 Å². The minimum Gasteiger partial charge on any atom is -0.466 e. The van der Waals surface area contributed by atoms with Gasteiger partial charge in [0.1, 0.15) is 0 Å². The monoisotopic (exact) mass is 1200 g/mol. The average Bonchev–Trinajstić information content (AvgIpc) is 3.51. The van der Waals surface area contributed by atoms with E-state index in [1.54, 1.807) is 0 Å². The van der Waals surface area contributed by atoms with Gasteiger partial charge in [-0.25, -0.2) is 0 Å². The molecule has 0 saturated heterocycles. The van der Waals surface area contributed by atoms with Crippen LogP contribution in [0.5, 0.6) is 0 Å². The maximum absolute atomic E-state index is 12.6. The van der Waals surface area contributed by atoms with Crippen LogP contribution in [0, 0.1) is 0 Å². The van der Waals surface area contributed by atoms with Crippen molar-refractivity contribution >= 4 is 11.9 Å². The van der Waals surface area contributed by atoms with Crippen LogP contribution < -0.4 is 5.32 Å². The summed E-state index contributed by atoms with van der Waals surface area (Å²) >= 11 is 0. The van der Waals surface area contributed by atoms with Crippen molar-refractivity contribution in [2.24, 2.45) is 0 Å².